The van der Waals surface area contributed by atoms with Crippen LogP contribution in [0.5, 0.6) is 0 Å². The van der Waals surface area contributed by atoms with Crippen LogP contribution >= 0.6 is 11.3 Å². The van der Waals surface area contributed by atoms with Gasteiger partial charge in [-0.15, -0.1) is 0 Å². The van der Waals surface area contributed by atoms with E-state index in [0.717, 1.165) is 18.5 Å². The Bertz CT molecular complexity index is 553. The van der Waals surface area contributed by atoms with Crippen LogP contribution in [-0.4, -0.2) is 4.57 Å². The zero-order valence-corrected chi connectivity index (χ0v) is 9.80. The lowest BCUT2D eigenvalue weighted by molar-refractivity contribution is 0.664. The first-order valence-electron chi connectivity index (χ1n) is 5.65. The summed E-state index contributed by atoms with van der Waals surface area (Å²) in [4.78, 5) is 13.4. The van der Waals surface area contributed by atoms with E-state index < -0.39 is 0 Å². The van der Waals surface area contributed by atoms with Gasteiger partial charge in [0.1, 0.15) is 0 Å². The molecule has 1 aromatic carbocycles. The molecule has 0 saturated heterocycles. The predicted octanol–water partition coefficient (Wildman–Crippen LogP) is 2.78. The van der Waals surface area contributed by atoms with Gasteiger partial charge in [-0.25, -0.2) is 0 Å². The van der Waals surface area contributed by atoms with E-state index in [1.807, 2.05) is 34.9 Å². The van der Waals surface area contributed by atoms with Gasteiger partial charge in [-0.2, -0.15) is 0 Å². The quantitative estimate of drug-likeness (QED) is 0.739. The molecule has 1 aliphatic carbocycles. The van der Waals surface area contributed by atoms with Crippen molar-refractivity contribution < 1.29 is 0 Å². The Morgan fingerprint density at radius 2 is 1.81 bits per heavy atom. The topological polar surface area (TPSA) is 22.0 Å². The van der Waals surface area contributed by atoms with Crippen LogP contribution in [-0.2, 0) is 12.8 Å². The maximum absolute atomic E-state index is 12.0. The van der Waals surface area contributed by atoms with Crippen molar-refractivity contribution in [3.63, 3.8) is 0 Å². The van der Waals surface area contributed by atoms with Crippen LogP contribution in [0.25, 0.3) is 5.69 Å². The molecule has 1 aliphatic rings. The fourth-order valence-electron chi connectivity index (χ4n) is 2.31. The summed E-state index contributed by atoms with van der Waals surface area (Å²) in [7, 11) is 0. The minimum absolute atomic E-state index is 0.165. The van der Waals surface area contributed by atoms with Gasteiger partial charge in [0.25, 0.3) is 0 Å². The number of aryl methyl sites for hydroxylation is 1. The minimum Gasteiger partial charge on any atom is -0.271 e. The number of rotatable bonds is 1. The summed E-state index contributed by atoms with van der Waals surface area (Å²) < 4.78 is 1.89. The molecule has 1 aromatic heterocycles. The zero-order chi connectivity index (χ0) is 11.0. The van der Waals surface area contributed by atoms with Gasteiger partial charge >= 0.3 is 4.87 Å². The van der Waals surface area contributed by atoms with Crippen LogP contribution in [0.4, 0.5) is 0 Å². The van der Waals surface area contributed by atoms with E-state index in [1.165, 1.54) is 34.7 Å². The Morgan fingerprint density at radius 1 is 1.06 bits per heavy atom. The van der Waals surface area contributed by atoms with Crippen LogP contribution < -0.4 is 4.87 Å². The maximum Gasteiger partial charge on any atom is 0.312 e. The van der Waals surface area contributed by atoms with Crippen molar-refractivity contribution in [2.24, 2.45) is 0 Å². The van der Waals surface area contributed by atoms with Crippen molar-refractivity contribution in [3.8, 4) is 5.69 Å². The van der Waals surface area contributed by atoms with E-state index in [9.17, 15) is 4.79 Å². The fourth-order valence-corrected chi connectivity index (χ4v) is 3.38. The van der Waals surface area contributed by atoms with E-state index in [2.05, 4.69) is 0 Å². The second-order valence-electron chi connectivity index (χ2n) is 4.12. The van der Waals surface area contributed by atoms with Gasteiger partial charge in [0.15, 0.2) is 0 Å². The molecule has 0 bridgehead atoms. The van der Waals surface area contributed by atoms with Crippen molar-refractivity contribution in [1.82, 2.24) is 4.57 Å². The van der Waals surface area contributed by atoms with Crippen LogP contribution in [0.3, 0.4) is 0 Å². The highest BCUT2D eigenvalue weighted by atomic mass is 32.1. The summed E-state index contributed by atoms with van der Waals surface area (Å²) >= 11 is 1.42. The number of hydrogen-bond acceptors (Lipinski definition) is 2. The highest BCUT2D eigenvalue weighted by Gasteiger charge is 2.18. The van der Waals surface area contributed by atoms with Crippen LogP contribution in [0.15, 0.2) is 35.1 Å². The van der Waals surface area contributed by atoms with Crippen molar-refractivity contribution in [1.29, 1.82) is 0 Å². The molecule has 2 nitrogen and oxygen atoms in total. The minimum atomic E-state index is 0.165. The van der Waals surface area contributed by atoms with Gasteiger partial charge in [-0.05, 0) is 37.8 Å². The van der Waals surface area contributed by atoms with Crippen molar-refractivity contribution in [2.75, 3.05) is 0 Å². The van der Waals surface area contributed by atoms with E-state index in [0.29, 0.717) is 0 Å². The molecule has 2 aromatic rings. The number of fused-ring (bicyclic) bond motifs is 1. The molecule has 0 unspecified atom stereocenters. The summed E-state index contributed by atoms with van der Waals surface area (Å²) in [5.74, 6) is 0. The predicted molar refractivity (Wildman–Crippen MR) is 66.6 cm³/mol. The summed E-state index contributed by atoms with van der Waals surface area (Å²) in [5, 5.41) is 0. The van der Waals surface area contributed by atoms with Gasteiger partial charge in [0.2, 0.25) is 0 Å². The third-order valence-electron chi connectivity index (χ3n) is 3.07. The Morgan fingerprint density at radius 3 is 2.62 bits per heavy atom. The van der Waals surface area contributed by atoms with E-state index in [4.69, 9.17) is 0 Å². The van der Waals surface area contributed by atoms with Crippen molar-refractivity contribution in [3.05, 3.63) is 50.6 Å². The fraction of sp³-hybridized carbons (Fsp3) is 0.308. The molecule has 0 atom stereocenters. The molecule has 0 amide bonds. The second kappa shape index (κ2) is 3.91. The highest BCUT2D eigenvalue weighted by molar-refractivity contribution is 7.09. The summed E-state index contributed by atoms with van der Waals surface area (Å²) in [6, 6.07) is 9.95. The first-order valence-corrected chi connectivity index (χ1v) is 6.47. The summed E-state index contributed by atoms with van der Waals surface area (Å²) in [5.41, 5.74) is 2.25. The van der Waals surface area contributed by atoms with Gasteiger partial charge in [0, 0.05) is 16.3 Å². The number of hydrogen-bond donors (Lipinski definition) is 0. The lowest BCUT2D eigenvalue weighted by atomic mass is 10.0. The second-order valence-corrected chi connectivity index (χ2v) is 5.16. The first-order chi connectivity index (χ1) is 7.86. The van der Waals surface area contributed by atoms with E-state index >= 15 is 0 Å². The molecule has 0 aliphatic heterocycles. The monoisotopic (exact) mass is 231 g/mol. The Labute approximate surface area is 98.2 Å². The molecule has 82 valence electrons. The first kappa shape index (κ1) is 9.85. The molecule has 0 spiro atoms. The Hall–Kier alpha value is -1.35. The lowest BCUT2D eigenvalue weighted by Gasteiger charge is -2.13. The molecule has 3 heteroatoms. The number of thiazole rings is 1. The third kappa shape index (κ3) is 1.52. The molecule has 0 fully saturated rings. The van der Waals surface area contributed by atoms with E-state index in [1.54, 1.807) is 0 Å². The van der Waals surface area contributed by atoms with E-state index in [-0.39, 0.29) is 4.87 Å². The largest absolute Gasteiger partial charge is 0.312 e. The van der Waals surface area contributed by atoms with Crippen LogP contribution in [0.1, 0.15) is 23.4 Å². The maximum atomic E-state index is 12.0. The number of nitrogens with zero attached hydrogens (tertiary/aromatic N) is 1. The number of aromatic nitrogens is 1. The average molecular weight is 231 g/mol. The third-order valence-corrected chi connectivity index (χ3v) is 4.11. The average Bonchev–Trinajstić information content (AvgIpc) is 2.66. The molecule has 0 radical (unpaired) electrons. The van der Waals surface area contributed by atoms with Crippen LogP contribution in [0.2, 0.25) is 0 Å². The molecule has 0 N–H and O–H groups in total. The molecule has 3 rings (SSSR count). The Kier molecular flexibility index (Phi) is 2.40. The van der Waals surface area contributed by atoms with Crippen molar-refractivity contribution >= 4 is 11.3 Å². The molecular weight excluding hydrogens is 218 g/mol. The molecule has 16 heavy (non-hydrogen) atoms. The Balaban J connectivity index is 2.21. The molecule has 1 heterocycles. The van der Waals surface area contributed by atoms with Gasteiger partial charge in [0.05, 0.1) is 0 Å². The summed E-state index contributed by atoms with van der Waals surface area (Å²) in [6.45, 7) is 0. The lowest BCUT2D eigenvalue weighted by Crippen LogP contribution is -2.15. The molecule has 0 saturated carbocycles. The van der Waals surface area contributed by atoms with Crippen LogP contribution in [0, 0.1) is 0 Å². The smallest absolute Gasteiger partial charge is 0.271 e. The highest BCUT2D eigenvalue weighted by Crippen LogP contribution is 2.25. The zero-order valence-electron chi connectivity index (χ0n) is 8.98. The van der Waals surface area contributed by atoms with Gasteiger partial charge < -0.3 is 0 Å². The number of benzene rings is 1. The van der Waals surface area contributed by atoms with Crippen molar-refractivity contribution in [2.45, 2.75) is 25.7 Å². The number of para-hydroxylation sites is 1. The standard InChI is InChI=1S/C13H13NOS/c15-13-14(10-6-2-1-3-7-10)11-8-4-5-9-12(11)16-13/h1-3,6-7H,4-5,8-9H2. The summed E-state index contributed by atoms with van der Waals surface area (Å²) in [6.07, 6.45) is 4.55. The SMILES string of the molecule is O=c1sc2c(n1-c1ccccc1)CCCC2. The van der Waals surface area contributed by atoms with Gasteiger partial charge in [-0.1, -0.05) is 29.5 Å². The normalized spacial score (nSPS) is 14.8. The van der Waals surface area contributed by atoms with Gasteiger partial charge in [-0.3, -0.25) is 9.36 Å². The molecular formula is C13H13NOS.